The van der Waals surface area contributed by atoms with Crippen LogP contribution in [-0.2, 0) is 11.3 Å². The Morgan fingerprint density at radius 1 is 1.00 bits per heavy atom. The third-order valence-corrected chi connectivity index (χ3v) is 6.48. The first kappa shape index (κ1) is 23.8. The maximum absolute atomic E-state index is 12.8. The Kier molecular flexibility index (Phi) is 7.90. The minimum atomic E-state index is -0.618. The van der Waals surface area contributed by atoms with Gasteiger partial charge in [-0.05, 0) is 43.2 Å². The molecule has 6 nitrogen and oxygen atoms in total. The zero-order chi connectivity index (χ0) is 23.3. The van der Waals surface area contributed by atoms with Crippen LogP contribution in [0.5, 0.6) is 0 Å². The minimum Gasteiger partial charge on any atom is -0.462 e. The molecule has 0 aliphatic rings. The van der Waals surface area contributed by atoms with Crippen LogP contribution in [0.25, 0.3) is 0 Å². The van der Waals surface area contributed by atoms with Crippen LogP contribution in [0.3, 0.4) is 0 Å². The van der Waals surface area contributed by atoms with Gasteiger partial charge in [-0.2, -0.15) is 0 Å². The summed E-state index contributed by atoms with van der Waals surface area (Å²) in [6, 6.07) is 13.9. The molecule has 9 heteroatoms. The summed E-state index contributed by atoms with van der Waals surface area (Å²) < 4.78 is 5.14. The number of nitrogens with one attached hydrogen (secondary N) is 2. The van der Waals surface area contributed by atoms with E-state index in [1.54, 1.807) is 13.8 Å². The first-order valence-electron chi connectivity index (χ1n) is 9.70. The predicted octanol–water partition coefficient (Wildman–Crippen LogP) is 5.72. The normalized spacial score (nSPS) is 10.5. The lowest BCUT2D eigenvalue weighted by Crippen LogP contribution is -2.22. The van der Waals surface area contributed by atoms with Gasteiger partial charge in [-0.15, -0.1) is 11.3 Å². The van der Waals surface area contributed by atoms with E-state index in [1.165, 1.54) is 18.2 Å². The SMILES string of the molecule is CCOC(=O)c1c(NC(=O)c2ccc(Cl)c(Cl)c2)sc(C(=O)NCc2ccccc2)c1C. The number of benzene rings is 2. The largest absolute Gasteiger partial charge is 0.462 e. The van der Waals surface area contributed by atoms with Crippen molar-refractivity contribution in [3.63, 3.8) is 0 Å². The molecule has 0 aliphatic heterocycles. The Hall–Kier alpha value is -2.87. The van der Waals surface area contributed by atoms with Gasteiger partial charge in [0.05, 0.1) is 27.1 Å². The minimum absolute atomic E-state index is 0.148. The number of amides is 2. The van der Waals surface area contributed by atoms with Crippen molar-refractivity contribution >= 4 is 57.3 Å². The summed E-state index contributed by atoms with van der Waals surface area (Å²) >= 11 is 12.9. The van der Waals surface area contributed by atoms with Crippen molar-refractivity contribution in [3.05, 3.63) is 85.7 Å². The van der Waals surface area contributed by atoms with Gasteiger partial charge in [-0.1, -0.05) is 53.5 Å². The number of hydrogen-bond acceptors (Lipinski definition) is 5. The third kappa shape index (κ3) is 5.48. The number of hydrogen-bond donors (Lipinski definition) is 2. The van der Waals surface area contributed by atoms with Crippen molar-refractivity contribution in [2.24, 2.45) is 0 Å². The summed E-state index contributed by atoms with van der Waals surface area (Å²) in [5.41, 5.74) is 1.78. The first-order valence-corrected chi connectivity index (χ1v) is 11.3. The summed E-state index contributed by atoms with van der Waals surface area (Å²) in [6.07, 6.45) is 0. The summed E-state index contributed by atoms with van der Waals surface area (Å²) in [7, 11) is 0. The van der Waals surface area contributed by atoms with Crippen molar-refractivity contribution in [3.8, 4) is 0 Å². The molecule has 0 saturated carbocycles. The Bertz CT molecular complexity index is 1160. The number of thiophene rings is 1. The monoisotopic (exact) mass is 490 g/mol. The lowest BCUT2D eigenvalue weighted by molar-refractivity contribution is 0.0527. The Morgan fingerprint density at radius 2 is 1.72 bits per heavy atom. The fourth-order valence-electron chi connectivity index (χ4n) is 2.94. The number of ether oxygens (including phenoxy) is 1. The summed E-state index contributed by atoms with van der Waals surface area (Å²) in [4.78, 5) is 38.5. The zero-order valence-corrected chi connectivity index (χ0v) is 19.7. The van der Waals surface area contributed by atoms with Gasteiger partial charge in [-0.25, -0.2) is 4.79 Å². The molecule has 2 aromatic carbocycles. The van der Waals surface area contributed by atoms with Crippen molar-refractivity contribution in [2.45, 2.75) is 20.4 Å². The number of rotatable bonds is 7. The fourth-order valence-corrected chi connectivity index (χ4v) is 4.34. The molecule has 0 unspecified atom stereocenters. The molecule has 0 spiro atoms. The molecule has 0 atom stereocenters. The standard InChI is InChI=1S/C23H20Cl2N2O4S/c1-3-31-23(30)18-13(2)19(21(29)26-12-14-7-5-4-6-8-14)32-22(18)27-20(28)15-9-10-16(24)17(25)11-15/h4-11H,3,12H2,1-2H3,(H,26,29)(H,27,28). The van der Waals surface area contributed by atoms with Gasteiger partial charge in [0.15, 0.2) is 0 Å². The predicted molar refractivity (Wildman–Crippen MR) is 127 cm³/mol. The Morgan fingerprint density at radius 3 is 2.38 bits per heavy atom. The average molecular weight is 491 g/mol. The lowest BCUT2D eigenvalue weighted by atomic mass is 10.1. The van der Waals surface area contributed by atoms with E-state index in [4.69, 9.17) is 27.9 Å². The van der Waals surface area contributed by atoms with Crippen LogP contribution in [0.15, 0.2) is 48.5 Å². The number of anilines is 1. The van der Waals surface area contributed by atoms with Crippen LogP contribution < -0.4 is 10.6 Å². The number of halogens is 2. The summed E-state index contributed by atoms with van der Waals surface area (Å²) in [5.74, 6) is -1.46. The molecule has 0 radical (unpaired) electrons. The maximum Gasteiger partial charge on any atom is 0.341 e. The average Bonchev–Trinajstić information content (AvgIpc) is 3.10. The molecule has 0 fully saturated rings. The molecule has 166 valence electrons. The van der Waals surface area contributed by atoms with Crippen molar-refractivity contribution in [2.75, 3.05) is 11.9 Å². The molecular weight excluding hydrogens is 471 g/mol. The number of carbonyl (C=O) groups excluding carboxylic acids is 3. The molecule has 0 aliphatic carbocycles. The zero-order valence-electron chi connectivity index (χ0n) is 17.3. The van der Waals surface area contributed by atoms with Crippen molar-refractivity contribution in [1.29, 1.82) is 0 Å². The van der Waals surface area contributed by atoms with E-state index in [-0.39, 0.29) is 33.7 Å². The van der Waals surface area contributed by atoms with Crippen molar-refractivity contribution in [1.82, 2.24) is 5.32 Å². The molecule has 1 aromatic heterocycles. The molecule has 2 N–H and O–H groups in total. The highest BCUT2D eigenvalue weighted by Crippen LogP contribution is 2.34. The fraction of sp³-hybridized carbons (Fsp3) is 0.174. The highest BCUT2D eigenvalue weighted by Gasteiger charge is 2.27. The van der Waals surface area contributed by atoms with Gasteiger partial charge in [0, 0.05) is 12.1 Å². The van der Waals surface area contributed by atoms with Gasteiger partial charge in [-0.3, -0.25) is 9.59 Å². The molecule has 2 amide bonds. The number of esters is 1. The van der Waals surface area contributed by atoms with E-state index in [0.29, 0.717) is 22.0 Å². The lowest BCUT2D eigenvalue weighted by Gasteiger charge is -2.08. The van der Waals surface area contributed by atoms with E-state index in [9.17, 15) is 14.4 Å². The Balaban J connectivity index is 1.88. The van der Waals surface area contributed by atoms with E-state index in [1.807, 2.05) is 30.3 Å². The summed E-state index contributed by atoms with van der Waals surface area (Å²) in [5, 5.41) is 6.31. The highest BCUT2D eigenvalue weighted by atomic mass is 35.5. The van der Waals surface area contributed by atoms with E-state index in [2.05, 4.69) is 10.6 Å². The molecule has 3 rings (SSSR count). The number of carbonyl (C=O) groups is 3. The van der Waals surface area contributed by atoms with Crippen LogP contribution in [-0.4, -0.2) is 24.4 Å². The van der Waals surface area contributed by atoms with Crippen LogP contribution >= 0.6 is 34.5 Å². The molecule has 0 saturated heterocycles. The second-order valence-corrected chi connectivity index (χ2v) is 8.57. The van der Waals surface area contributed by atoms with E-state index in [0.717, 1.165) is 16.9 Å². The first-order chi connectivity index (χ1) is 15.3. The topological polar surface area (TPSA) is 84.5 Å². The smallest absolute Gasteiger partial charge is 0.341 e. The van der Waals surface area contributed by atoms with Gasteiger partial charge in [0.25, 0.3) is 11.8 Å². The van der Waals surface area contributed by atoms with Crippen LogP contribution in [0.1, 0.15) is 48.4 Å². The quantitative estimate of drug-likeness (QED) is 0.414. The third-order valence-electron chi connectivity index (χ3n) is 4.54. The van der Waals surface area contributed by atoms with Crippen LogP contribution in [0.4, 0.5) is 5.00 Å². The van der Waals surface area contributed by atoms with E-state index < -0.39 is 11.9 Å². The molecule has 1 heterocycles. The van der Waals surface area contributed by atoms with Gasteiger partial charge in [0.1, 0.15) is 5.00 Å². The second-order valence-electron chi connectivity index (χ2n) is 6.73. The molecular formula is C23H20Cl2N2O4S. The van der Waals surface area contributed by atoms with Gasteiger partial charge >= 0.3 is 5.97 Å². The second kappa shape index (κ2) is 10.6. The maximum atomic E-state index is 12.8. The van der Waals surface area contributed by atoms with Crippen LogP contribution in [0.2, 0.25) is 10.0 Å². The van der Waals surface area contributed by atoms with Crippen LogP contribution in [0, 0.1) is 6.92 Å². The molecule has 0 bridgehead atoms. The van der Waals surface area contributed by atoms with E-state index >= 15 is 0 Å². The van der Waals surface area contributed by atoms with Crippen molar-refractivity contribution < 1.29 is 19.1 Å². The summed E-state index contributed by atoms with van der Waals surface area (Å²) in [6.45, 7) is 3.82. The Labute approximate surface area is 199 Å². The van der Waals surface area contributed by atoms with Gasteiger partial charge in [0.2, 0.25) is 0 Å². The highest BCUT2D eigenvalue weighted by molar-refractivity contribution is 7.18. The van der Waals surface area contributed by atoms with Gasteiger partial charge < -0.3 is 15.4 Å². The molecule has 3 aromatic rings. The molecule has 32 heavy (non-hydrogen) atoms.